The largest absolute Gasteiger partial charge is 0.478 e. The van der Waals surface area contributed by atoms with E-state index in [4.69, 9.17) is 16.7 Å². The van der Waals surface area contributed by atoms with E-state index in [-0.39, 0.29) is 17.5 Å². The number of carbonyl (C=O) groups excluding carboxylic acids is 1. The summed E-state index contributed by atoms with van der Waals surface area (Å²) in [7, 11) is 0. The monoisotopic (exact) mass is 384 g/mol. The summed E-state index contributed by atoms with van der Waals surface area (Å²) in [4.78, 5) is 30.1. The fraction of sp³-hybridized carbons (Fsp3) is 0.263. The van der Waals surface area contributed by atoms with E-state index in [1.165, 1.54) is 6.20 Å². The van der Waals surface area contributed by atoms with Gasteiger partial charge in [-0.15, -0.1) is 0 Å². The minimum atomic E-state index is -0.990. The minimum absolute atomic E-state index is 0.0690. The van der Waals surface area contributed by atoms with Gasteiger partial charge in [0, 0.05) is 30.9 Å². The van der Waals surface area contributed by atoms with Crippen LogP contribution in [0.5, 0.6) is 0 Å². The van der Waals surface area contributed by atoms with Crippen LogP contribution in [-0.2, 0) is 0 Å². The summed E-state index contributed by atoms with van der Waals surface area (Å²) in [6.07, 6.45) is 5.97. The first-order chi connectivity index (χ1) is 13.0. The molecule has 27 heavy (non-hydrogen) atoms. The first kappa shape index (κ1) is 17.5. The lowest BCUT2D eigenvalue weighted by atomic mass is 10.0. The van der Waals surface area contributed by atoms with E-state index < -0.39 is 5.97 Å². The van der Waals surface area contributed by atoms with Gasteiger partial charge in [0.1, 0.15) is 0 Å². The van der Waals surface area contributed by atoms with Gasteiger partial charge < -0.3 is 10.0 Å². The number of nitrogens with zero attached hydrogens (tertiary/aromatic N) is 4. The summed E-state index contributed by atoms with van der Waals surface area (Å²) >= 11 is 6.21. The summed E-state index contributed by atoms with van der Waals surface area (Å²) < 4.78 is 1.69. The Labute approximate surface area is 160 Å². The molecule has 4 rings (SSSR count). The highest BCUT2D eigenvalue weighted by Crippen LogP contribution is 2.28. The fourth-order valence-electron chi connectivity index (χ4n) is 3.46. The molecule has 1 aliphatic rings. The number of rotatable bonds is 3. The molecule has 0 aliphatic carbocycles. The van der Waals surface area contributed by atoms with Crippen LogP contribution < -0.4 is 0 Å². The number of piperidine rings is 1. The molecule has 1 amide bonds. The van der Waals surface area contributed by atoms with E-state index in [2.05, 4.69) is 10.1 Å². The van der Waals surface area contributed by atoms with Crippen LogP contribution in [-0.4, -0.2) is 49.7 Å². The predicted octanol–water partition coefficient (Wildman–Crippen LogP) is 3.26. The Hall–Kier alpha value is -2.93. The zero-order valence-electron chi connectivity index (χ0n) is 14.4. The topological polar surface area (TPSA) is 88.3 Å². The highest BCUT2D eigenvalue weighted by atomic mass is 35.5. The third-order valence-corrected chi connectivity index (χ3v) is 5.25. The van der Waals surface area contributed by atoms with Crippen LogP contribution in [0.15, 0.2) is 42.9 Å². The smallest absolute Gasteiger partial charge is 0.338 e. The number of hydrogen-bond donors (Lipinski definition) is 1. The molecule has 1 fully saturated rings. The Morgan fingerprint density at radius 1 is 1.19 bits per heavy atom. The van der Waals surface area contributed by atoms with Crippen LogP contribution in [0, 0.1) is 0 Å². The number of hydrogen-bond acceptors (Lipinski definition) is 4. The molecular weight excluding hydrogens is 368 g/mol. The van der Waals surface area contributed by atoms with E-state index in [1.807, 2.05) is 6.07 Å². The number of aromatic carboxylic acids is 1. The Morgan fingerprint density at radius 3 is 2.67 bits per heavy atom. The van der Waals surface area contributed by atoms with Crippen molar-refractivity contribution in [1.82, 2.24) is 19.7 Å². The Kier molecular flexibility index (Phi) is 4.53. The molecule has 2 aromatic heterocycles. The number of carboxylic acid groups (broad SMARTS) is 1. The molecule has 138 valence electrons. The molecule has 0 bridgehead atoms. The van der Waals surface area contributed by atoms with Crippen molar-refractivity contribution in [2.75, 3.05) is 13.1 Å². The molecule has 1 aliphatic heterocycles. The zero-order valence-corrected chi connectivity index (χ0v) is 15.1. The zero-order chi connectivity index (χ0) is 19.0. The summed E-state index contributed by atoms with van der Waals surface area (Å²) in [5, 5.41) is 14.5. The summed E-state index contributed by atoms with van der Waals surface area (Å²) in [6, 6.07) is 7.18. The highest BCUT2D eigenvalue weighted by Gasteiger charge is 2.26. The number of carbonyl (C=O) groups is 2. The van der Waals surface area contributed by atoms with Gasteiger partial charge >= 0.3 is 5.97 Å². The van der Waals surface area contributed by atoms with Crippen molar-refractivity contribution in [3.8, 4) is 0 Å². The number of amides is 1. The molecule has 3 aromatic rings. The molecule has 3 heterocycles. The van der Waals surface area contributed by atoms with Crippen LogP contribution in [0.25, 0.3) is 10.9 Å². The molecule has 1 N–H and O–H groups in total. The lowest BCUT2D eigenvalue weighted by Crippen LogP contribution is -2.39. The average Bonchev–Trinajstić information content (AvgIpc) is 3.19. The Bertz CT molecular complexity index is 1020. The van der Waals surface area contributed by atoms with Crippen molar-refractivity contribution >= 4 is 34.4 Å². The van der Waals surface area contributed by atoms with E-state index >= 15 is 0 Å². The van der Waals surface area contributed by atoms with Crippen LogP contribution in [0.3, 0.4) is 0 Å². The SMILES string of the molecule is O=C(O)c1cnn(C2CCN(C(=O)c3ccc(Cl)c4cccnc34)CC2)c1. The van der Waals surface area contributed by atoms with Crippen molar-refractivity contribution in [3.05, 3.63) is 59.0 Å². The van der Waals surface area contributed by atoms with E-state index in [9.17, 15) is 9.59 Å². The standard InChI is InChI=1S/C19H17ClN4O3/c20-16-4-3-15(17-14(16)2-1-7-21-17)18(25)23-8-5-13(6-9-23)24-11-12(10-22-24)19(26)27/h1-4,7,10-11,13H,5-6,8-9H2,(H,26,27). The van der Waals surface area contributed by atoms with Crippen molar-refractivity contribution in [1.29, 1.82) is 0 Å². The third kappa shape index (κ3) is 3.26. The van der Waals surface area contributed by atoms with Gasteiger partial charge in [0.05, 0.1) is 33.9 Å². The maximum absolute atomic E-state index is 13.0. The van der Waals surface area contributed by atoms with Crippen LogP contribution >= 0.6 is 11.6 Å². The third-order valence-electron chi connectivity index (χ3n) is 4.92. The van der Waals surface area contributed by atoms with Crippen molar-refractivity contribution in [3.63, 3.8) is 0 Å². The molecule has 0 radical (unpaired) electrons. The van der Waals surface area contributed by atoms with Crippen molar-refractivity contribution in [2.24, 2.45) is 0 Å². The van der Waals surface area contributed by atoms with Gasteiger partial charge in [0.2, 0.25) is 0 Å². The summed E-state index contributed by atoms with van der Waals surface area (Å²) in [6.45, 7) is 1.14. The quantitative estimate of drug-likeness (QED) is 0.748. The van der Waals surface area contributed by atoms with Crippen molar-refractivity contribution in [2.45, 2.75) is 18.9 Å². The lowest BCUT2D eigenvalue weighted by Gasteiger charge is -2.32. The minimum Gasteiger partial charge on any atom is -0.478 e. The second-order valence-electron chi connectivity index (χ2n) is 6.53. The summed E-state index contributed by atoms with van der Waals surface area (Å²) in [5.41, 5.74) is 1.32. The molecule has 0 spiro atoms. The number of carboxylic acids is 1. The van der Waals surface area contributed by atoms with Crippen LogP contribution in [0.1, 0.15) is 39.6 Å². The maximum Gasteiger partial charge on any atom is 0.338 e. The van der Waals surface area contributed by atoms with Gasteiger partial charge in [-0.2, -0.15) is 5.10 Å². The number of fused-ring (bicyclic) bond motifs is 1. The van der Waals surface area contributed by atoms with Crippen molar-refractivity contribution < 1.29 is 14.7 Å². The van der Waals surface area contributed by atoms with Gasteiger partial charge in [0.15, 0.2) is 0 Å². The number of benzene rings is 1. The van der Waals surface area contributed by atoms with Crippen LogP contribution in [0.4, 0.5) is 0 Å². The molecule has 0 saturated carbocycles. The number of aromatic nitrogens is 3. The van der Waals surface area contributed by atoms with E-state index in [0.29, 0.717) is 42.0 Å². The van der Waals surface area contributed by atoms with Gasteiger partial charge in [0.25, 0.3) is 5.91 Å². The number of likely N-dealkylation sites (tertiary alicyclic amines) is 1. The Morgan fingerprint density at radius 2 is 1.96 bits per heavy atom. The lowest BCUT2D eigenvalue weighted by molar-refractivity contribution is 0.0689. The molecule has 0 unspecified atom stereocenters. The van der Waals surface area contributed by atoms with Crippen LogP contribution in [0.2, 0.25) is 5.02 Å². The highest BCUT2D eigenvalue weighted by molar-refractivity contribution is 6.36. The second-order valence-corrected chi connectivity index (χ2v) is 6.94. The average molecular weight is 385 g/mol. The second kappa shape index (κ2) is 7.00. The number of pyridine rings is 1. The molecule has 0 atom stereocenters. The molecular formula is C19H17ClN4O3. The van der Waals surface area contributed by atoms with Gasteiger partial charge in [-0.1, -0.05) is 11.6 Å². The molecule has 7 nitrogen and oxygen atoms in total. The first-order valence-electron chi connectivity index (χ1n) is 8.64. The maximum atomic E-state index is 13.0. The van der Waals surface area contributed by atoms with Gasteiger partial charge in [-0.05, 0) is 37.1 Å². The molecule has 1 aromatic carbocycles. The first-order valence-corrected chi connectivity index (χ1v) is 9.02. The van der Waals surface area contributed by atoms with E-state index in [0.717, 1.165) is 5.39 Å². The van der Waals surface area contributed by atoms with Gasteiger partial charge in [-0.3, -0.25) is 14.5 Å². The summed E-state index contributed by atoms with van der Waals surface area (Å²) in [5.74, 6) is -1.06. The van der Waals surface area contributed by atoms with Gasteiger partial charge in [-0.25, -0.2) is 4.79 Å². The Balaban J connectivity index is 1.51. The number of halogens is 1. The fourth-order valence-corrected chi connectivity index (χ4v) is 3.68. The molecule has 8 heteroatoms. The molecule has 1 saturated heterocycles. The van der Waals surface area contributed by atoms with E-state index in [1.54, 1.807) is 40.2 Å². The predicted molar refractivity (Wildman–Crippen MR) is 100 cm³/mol. The normalized spacial score (nSPS) is 15.2.